The minimum absolute atomic E-state index is 0.305. The molecule has 0 aliphatic heterocycles. The fourth-order valence-electron chi connectivity index (χ4n) is 1.10. The molecule has 0 heterocycles. The maximum Gasteiger partial charge on any atom is 0.308 e. The minimum atomic E-state index is -0.305. The maximum atomic E-state index is 10.7. The molecule has 2 nitrogen and oxygen atoms in total. The zero-order chi connectivity index (χ0) is 11.1. The van der Waals surface area contributed by atoms with Crippen molar-refractivity contribution in [2.45, 2.75) is 13.3 Å². The van der Waals surface area contributed by atoms with Gasteiger partial charge in [0.15, 0.2) is 0 Å². The summed E-state index contributed by atoms with van der Waals surface area (Å²) in [4.78, 5) is 10.7. The van der Waals surface area contributed by atoms with E-state index in [1.165, 1.54) is 6.92 Å². The third-order valence-electron chi connectivity index (χ3n) is 1.73. The number of ether oxygens (including phenoxy) is 1. The normalized spacial score (nSPS) is 10.5. The van der Waals surface area contributed by atoms with Crippen LogP contribution in [0.5, 0.6) is 5.75 Å². The van der Waals surface area contributed by atoms with Crippen LogP contribution in [0.1, 0.15) is 18.9 Å². The second-order valence-corrected chi connectivity index (χ2v) is 3.42. The maximum absolute atomic E-state index is 10.7. The summed E-state index contributed by atoms with van der Waals surface area (Å²) in [5, 5.41) is 0. The smallest absolute Gasteiger partial charge is 0.308 e. The van der Waals surface area contributed by atoms with Crippen LogP contribution in [-0.4, -0.2) is 11.8 Å². The molecule has 0 aliphatic carbocycles. The number of rotatable bonds is 4. The van der Waals surface area contributed by atoms with E-state index < -0.39 is 0 Å². The average molecular weight is 225 g/mol. The lowest BCUT2D eigenvalue weighted by atomic mass is 10.2. The molecule has 0 saturated carbocycles. The number of carbonyl (C=O) groups is 1. The first kappa shape index (κ1) is 11.8. The molecule has 0 amide bonds. The molecule has 0 radical (unpaired) electrons. The Morgan fingerprint density at radius 3 is 2.60 bits per heavy atom. The molecular formula is C12H13ClO2. The highest BCUT2D eigenvalue weighted by Crippen LogP contribution is 2.13. The van der Waals surface area contributed by atoms with Gasteiger partial charge in [0, 0.05) is 12.8 Å². The van der Waals surface area contributed by atoms with Gasteiger partial charge in [-0.05, 0) is 24.1 Å². The van der Waals surface area contributed by atoms with Gasteiger partial charge in [-0.3, -0.25) is 4.79 Å². The Kier molecular flexibility index (Phi) is 4.91. The van der Waals surface area contributed by atoms with Crippen LogP contribution in [0, 0.1) is 0 Å². The molecule has 1 aromatic rings. The van der Waals surface area contributed by atoms with Crippen LogP contribution in [0.4, 0.5) is 0 Å². The Bertz CT molecular complexity index is 341. The lowest BCUT2D eigenvalue weighted by molar-refractivity contribution is -0.131. The number of alkyl halides is 1. The van der Waals surface area contributed by atoms with Crippen molar-refractivity contribution in [1.29, 1.82) is 0 Å². The van der Waals surface area contributed by atoms with Gasteiger partial charge in [0.05, 0.1) is 0 Å². The van der Waals surface area contributed by atoms with E-state index in [9.17, 15) is 4.79 Å². The molecule has 0 fully saturated rings. The number of hydrogen-bond donors (Lipinski definition) is 0. The molecule has 0 N–H and O–H groups in total. The van der Waals surface area contributed by atoms with Crippen LogP contribution in [0.25, 0.3) is 6.08 Å². The predicted octanol–water partition coefficient (Wildman–Crippen LogP) is 3.25. The standard InChI is InChI=1S/C12H13ClO2/c1-10(14)15-12-7-5-11(6-8-12)4-2-3-9-13/h2,4-8H,3,9H2,1H3. The van der Waals surface area contributed by atoms with E-state index in [1.807, 2.05) is 24.3 Å². The topological polar surface area (TPSA) is 26.3 Å². The van der Waals surface area contributed by atoms with Gasteiger partial charge in [-0.15, -0.1) is 11.6 Å². The summed E-state index contributed by atoms with van der Waals surface area (Å²) < 4.78 is 4.91. The molecule has 0 unspecified atom stereocenters. The van der Waals surface area contributed by atoms with Gasteiger partial charge in [-0.2, -0.15) is 0 Å². The first-order valence-electron chi connectivity index (χ1n) is 4.73. The van der Waals surface area contributed by atoms with Crippen molar-refractivity contribution < 1.29 is 9.53 Å². The SMILES string of the molecule is CC(=O)Oc1ccc(C=CCCCl)cc1. The Morgan fingerprint density at radius 1 is 1.40 bits per heavy atom. The first-order chi connectivity index (χ1) is 7.22. The van der Waals surface area contributed by atoms with E-state index >= 15 is 0 Å². The Labute approximate surface area is 94.5 Å². The van der Waals surface area contributed by atoms with E-state index in [0.29, 0.717) is 11.6 Å². The summed E-state index contributed by atoms with van der Waals surface area (Å²) in [7, 11) is 0. The van der Waals surface area contributed by atoms with Crippen molar-refractivity contribution in [3.05, 3.63) is 35.9 Å². The van der Waals surface area contributed by atoms with E-state index in [0.717, 1.165) is 12.0 Å². The highest BCUT2D eigenvalue weighted by atomic mass is 35.5. The average Bonchev–Trinajstić information content (AvgIpc) is 2.20. The summed E-state index contributed by atoms with van der Waals surface area (Å²) in [6.45, 7) is 1.38. The van der Waals surface area contributed by atoms with E-state index in [-0.39, 0.29) is 5.97 Å². The monoisotopic (exact) mass is 224 g/mol. The third-order valence-corrected chi connectivity index (χ3v) is 1.95. The van der Waals surface area contributed by atoms with Crippen LogP contribution in [0.3, 0.4) is 0 Å². The molecule has 0 atom stereocenters. The molecule has 0 bridgehead atoms. The lowest BCUT2D eigenvalue weighted by Crippen LogP contribution is -2.00. The number of hydrogen-bond acceptors (Lipinski definition) is 2. The molecule has 80 valence electrons. The van der Waals surface area contributed by atoms with E-state index in [1.54, 1.807) is 12.1 Å². The van der Waals surface area contributed by atoms with Crippen molar-refractivity contribution in [1.82, 2.24) is 0 Å². The largest absolute Gasteiger partial charge is 0.427 e. The van der Waals surface area contributed by atoms with Crippen LogP contribution in [-0.2, 0) is 4.79 Å². The van der Waals surface area contributed by atoms with Gasteiger partial charge in [0.1, 0.15) is 5.75 Å². The van der Waals surface area contributed by atoms with E-state index in [4.69, 9.17) is 16.3 Å². The zero-order valence-electron chi connectivity index (χ0n) is 8.57. The van der Waals surface area contributed by atoms with Gasteiger partial charge < -0.3 is 4.74 Å². The van der Waals surface area contributed by atoms with Gasteiger partial charge in [-0.25, -0.2) is 0 Å². The van der Waals surface area contributed by atoms with Crippen molar-refractivity contribution >= 4 is 23.6 Å². The minimum Gasteiger partial charge on any atom is -0.427 e. The molecule has 0 saturated heterocycles. The Morgan fingerprint density at radius 2 is 2.07 bits per heavy atom. The van der Waals surface area contributed by atoms with Crippen molar-refractivity contribution in [3.8, 4) is 5.75 Å². The summed E-state index contributed by atoms with van der Waals surface area (Å²) >= 11 is 5.54. The van der Waals surface area contributed by atoms with Crippen molar-refractivity contribution in [2.75, 3.05) is 5.88 Å². The highest BCUT2D eigenvalue weighted by Gasteiger charge is 1.96. The quantitative estimate of drug-likeness (QED) is 0.446. The summed E-state index contributed by atoms with van der Waals surface area (Å²) in [5.41, 5.74) is 1.07. The predicted molar refractivity (Wildman–Crippen MR) is 62.1 cm³/mol. The number of carbonyl (C=O) groups excluding carboxylic acids is 1. The molecular weight excluding hydrogens is 212 g/mol. The molecule has 0 spiro atoms. The zero-order valence-corrected chi connectivity index (χ0v) is 9.33. The van der Waals surface area contributed by atoms with Gasteiger partial charge >= 0.3 is 5.97 Å². The van der Waals surface area contributed by atoms with Gasteiger partial charge in [0.2, 0.25) is 0 Å². The van der Waals surface area contributed by atoms with Gasteiger partial charge in [0.25, 0.3) is 0 Å². The second-order valence-electron chi connectivity index (χ2n) is 3.04. The van der Waals surface area contributed by atoms with Crippen LogP contribution < -0.4 is 4.74 Å². The van der Waals surface area contributed by atoms with Crippen LogP contribution in [0.2, 0.25) is 0 Å². The van der Waals surface area contributed by atoms with Crippen molar-refractivity contribution in [3.63, 3.8) is 0 Å². The van der Waals surface area contributed by atoms with Gasteiger partial charge in [-0.1, -0.05) is 24.3 Å². The number of esters is 1. The Hall–Kier alpha value is -1.28. The summed E-state index contributed by atoms with van der Waals surface area (Å²) in [6.07, 6.45) is 4.85. The summed E-state index contributed by atoms with van der Waals surface area (Å²) in [5.74, 6) is 0.889. The fraction of sp³-hybridized carbons (Fsp3) is 0.250. The molecule has 0 aliphatic rings. The molecule has 0 aromatic heterocycles. The van der Waals surface area contributed by atoms with Crippen LogP contribution in [0.15, 0.2) is 30.3 Å². The molecule has 1 aromatic carbocycles. The first-order valence-corrected chi connectivity index (χ1v) is 5.27. The fourth-order valence-corrected chi connectivity index (χ4v) is 1.22. The van der Waals surface area contributed by atoms with E-state index in [2.05, 4.69) is 0 Å². The molecule has 3 heteroatoms. The highest BCUT2D eigenvalue weighted by molar-refractivity contribution is 6.17. The van der Waals surface area contributed by atoms with Crippen LogP contribution >= 0.6 is 11.6 Å². The Balaban J connectivity index is 2.60. The number of halogens is 1. The third kappa shape index (κ3) is 4.66. The lowest BCUT2D eigenvalue weighted by Gasteiger charge is -2.00. The molecule has 1 rings (SSSR count). The second kappa shape index (κ2) is 6.25. The summed E-state index contributed by atoms with van der Waals surface area (Å²) in [6, 6.07) is 7.32. The number of allylic oxidation sites excluding steroid dienone is 1. The van der Waals surface area contributed by atoms with Crippen molar-refractivity contribution in [2.24, 2.45) is 0 Å². The molecule has 15 heavy (non-hydrogen) atoms. The number of benzene rings is 1.